The van der Waals surface area contributed by atoms with Crippen molar-refractivity contribution in [3.8, 4) is 0 Å². The summed E-state index contributed by atoms with van der Waals surface area (Å²) in [5.41, 5.74) is -0.723. The molecule has 0 bridgehead atoms. The summed E-state index contributed by atoms with van der Waals surface area (Å²) in [6.45, 7) is 2.66. The number of hydrogen-bond donors (Lipinski definition) is 1. The quantitative estimate of drug-likeness (QED) is 0.857. The lowest BCUT2D eigenvalue weighted by molar-refractivity contribution is -0.132. The molecule has 5 nitrogen and oxygen atoms in total. The van der Waals surface area contributed by atoms with Crippen LogP contribution < -0.4 is 0 Å². The van der Waals surface area contributed by atoms with Crippen LogP contribution in [0.5, 0.6) is 0 Å². The minimum Gasteiger partial charge on any atom is -0.388 e. The molecule has 0 atom stereocenters. The van der Waals surface area contributed by atoms with Gasteiger partial charge in [-0.3, -0.25) is 9.69 Å². The Morgan fingerprint density at radius 1 is 1.43 bits per heavy atom. The Kier molecular flexibility index (Phi) is 5.75. The molecular weight excluding hydrogens is 288 g/mol. The van der Waals surface area contributed by atoms with E-state index in [4.69, 9.17) is 4.74 Å². The van der Waals surface area contributed by atoms with Gasteiger partial charge in [-0.05, 0) is 18.5 Å². The number of aliphatic hydroxyl groups is 1. The highest BCUT2D eigenvalue weighted by Crippen LogP contribution is 2.21. The van der Waals surface area contributed by atoms with Gasteiger partial charge in [0.2, 0.25) is 5.91 Å². The highest BCUT2D eigenvalue weighted by molar-refractivity contribution is 7.09. The van der Waals surface area contributed by atoms with Gasteiger partial charge in [-0.2, -0.15) is 0 Å². The average molecular weight is 312 g/mol. The van der Waals surface area contributed by atoms with Gasteiger partial charge in [0, 0.05) is 44.5 Å². The van der Waals surface area contributed by atoms with Crippen molar-refractivity contribution in [3.63, 3.8) is 0 Å². The van der Waals surface area contributed by atoms with Gasteiger partial charge >= 0.3 is 0 Å². The van der Waals surface area contributed by atoms with Gasteiger partial charge in [-0.1, -0.05) is 6.07 Å². The minimum atomic E-state index is -0.723. The number of rotatable bonds is 6. The molecule has 1 N–H and O–H groups in total. The molecule has 1 aromatic heterocycles. The van der Waals surface area contributed by atoms with Gasteiger partial charge in [-0.15, -0.1) is 11.3 Å². The molecule has 0 aliphatic carbocycles. The summed E-state index contributed by atoms with van der Waals surface area (Å²) in [5.74, 6) is 0.0709. The second-order valence-corrected chi connectivity index (χ2v) is 6.87. The number of likely N-dealkylation sites (N-methyl/N-ethyl adjacent to an activating group) is 2. The van der Waals surface area contributed by atoms with E-state index in [1.807, 2.05) is 36.5 Å². The fourth-order valence-corrected chi connectivity index (χ4v) is 3.30. The maximum Gasteiger partial charge on any atom is 0.236 e. The molecule has 1 aliphatic heterocycles. The van der Waals surface area contributed by atoms with Gasteiger partial charge < -0.3 is 14.7 Å². The smallest absolute Gasteiger partial charge is 0.236 e. The minimum absolute atomic E-state index is 0.0709. The zero-order valence-corrected chi connectivity index (χ0v) is 13.6. The van der Waals surface area contributed by atoms with Gasteiger partial charge in [0.15, 0.2) is 0 Å². The van der Waals surface area contributed by atoms with E-state index >= 15 is 0 Å². The van der Waals surface area contributed by atoms with Crippen LogP contribution in [0.4, 0.5) is 0 Å². The Bertz CT molecular complexity index is 444. The SMILES string of the molecule is CN(CC(=O)N(C)Cc1cccs1)CC1(O)CCOCC1. The Morgan fingerprint density at radius 2 is 2.14 bits per heavy atom. The van der Waals surface area contributed by atoms with E-state index in [1.54, 1.807) is 16.2 Å². The van der Waals surface area contributed by atoms with Crippen molar-refractivity contribution in [2.75, 3.05) is 40.4 Å². The molecule has 0 radical (unpaired) electrons. The third kappa shape index (κ3) is 5.07. The summed E-state index contributed by atoms with van der Waals surface area (Å²) < 4.78 is 5.27. The first kappa shape index (κ1) is 16.4. The molecule has 1 fully saturated rings. The number of carbonyl (C=O) groups is 1. The highest BCUT2D eigenvalue weighted by atomic mass is 32.1. The van der Waals surface area contributed by atoms with Crippen LogP contribution in [-0.2, 0) is 16.1 Å². The van der Waals surface area contributed by atoms with Crippen molar-refractivity contribution in [2.24, 2.45) is 0 Å². The fraction of sp³-hybridized carbons (Fsp3) is 0.667. The normalized spacial score (nSPS) is 17.9. The average Bonchev–Trinajstić information content (AvgIpc) is 2.91. The Morgan fingerprint density at radius 3 is 2.76 bits per heavy atom. The lowest BCUT2D eigenvalue weighted by Gasteiger charge is -2.35. The molecule has 1 aromatic rings. The number of carbonyl (C=O) groups excluding carboxylic acids is 1. The summed E-state index contributed by atoms with van der Waals surface area (Å²) in [4.78, 5) is 17.0. The molecule has 2 heterocycles. The molecule has 2 rings (SSSR count). The van der Waals surface area contributed by atoms with E-state index < -0.39 is 5.60 Å². The van der Waals surface area contributed by atoms with E-state index in [1.165, 1.54) is 4.88 Å². The molecule has 0 aromatic carbocycles. The van der Waals surface area contributed by atoms with E-state index in [-0.39, 0.29) is 5.91 Å². The van der Waals surface area contributed by atoms with Crippen molar-refractivity contribution in [2.45, 2.75) is 25.0 Å². The van der Waals surface area contributed by atoms with E-state index in [0.717, 1.165) is 0 Å². The summed E-state index contributed by atoms with van der Waals surface area (Å²) >= 11 is 1.65. The van der Waals surface area contributed by atoms with Gasteiger partial charge in [0.1, 0.15) is 0 Å². The van der Waals surface area contributed by atoms with Crippen LogP contribution in [0.3, 0.4) is 0 Å². The number of thiophene rings is 1. The molecule has 0 saturated carbocycles. The first-order valence-electron chi connectivity index (χ1n) is 7.23. The largest absolute Gasteiger partial charge is 0.388 e. The topological polar surface area (TPSA) is 53.0 Å². The number of ether oxygens (including phenoxy) is 1. The molecule has 1 saturated heterocycles. The van der Waals surface area contributed by atoms with Crippen molar-refractivity contribution < 1.29 is 14.6 Å². The first-order valence-corrected chi connectivity index (χ1v) is 8.11. The van der Waals surface area contributed by atoms with Crippen LogP contribution in [-0.4, -0.2) is 66.8 Å². The summed E-state index contributed by atoms with van der Waals surface area (Å²) in [6.07, 6.45) is 1.27. The number of hydrogen-bond acceptors (Lipinski definition) is 5. The Labute approximate surface area is 130 Å². The lowest BCUT2D eigenvalue weighted by Crippen LogP contribution is -2.48. The molecule has 118 valence electrons. The molecule has 1 amide bonds. The van der Waals surface area contributed by atoms with Crippen molar-refractivity contribution in [1.82, 2.24) is 9.80 Å². The molecule has 6 heteroatoms. The van der Waals surface area contributed by atoms with Gasteiger partial charge in [0.05, 0.1) is 18.7 Å². The van der Waals surface area contributed by atoms with E-state index in [9.17, 15) is 9.90 Å². The zero-order chi connectivity index (χ0) is 15.3. The predicted molar refractivity (Wildman–Crippen MR) is 83.3 cm³/mol. The van der Waals surface area contributed by atoms with Gasteiger partial charge in [0.25, 0.3) is 0 Å². The summed E-state index contributed by atoms with van der Waals surface area (Å²) in [5, 5.41) is 12.5. The number of amides is 1. The van der Waals surface area contributed by atoms with Crippen molar-refractivity contribution in [3.05, 3.63) is 22.4 Å². The van der Waals surface area contributed by atoms with Crippen molar-refractivity contribution >= 4 is 17.2 Å². The summed E-state index contributed by atoms with van der Waals surface area (Å²) in [7, 11) is 3.70. The third-order valence-electron chi connectivity index (χ3n) is 3.79. The molecule has 21 heavy (non-hydrogen) atoms. The van der Waals surface area contributed by atoms with Crippen LogP contribution in [0.15, 0.2) is 17.5 Å². The third-order valence-corrected chi connectivity index (χ3v) is 4.65. The van der Waals surface area contributed by atoms with Crippen LogP contribution >= 0.6 is 11.3 Å². The van der Waals surface area contributed by atoms with E-state index in [0.29, 0.717) is 45.7 Å². The zero-order valence-electron chi connectivity index (χ0n) is 12.7. The van der Waals surface area contributed by atoms with Gasteiger partial charge in [-0.25, -0.2) is 0 Å². The maximum absolute atomic E-state index is 12.2. The van der Waals surface area contributed by atoms with Crippen molar-refractivity contribution in [1.29, 1.82) is 0 Å². The molecule has 0 unspecified atom stereocenters. The molecular formula is C15H24N2O3S. The fourth-order valence-electron chi connectivity index (χ4n) is 2.54. The standard InChI is InChI=1S/C15H24N2O3S/c1-16(12-15(19)5-7-20-8-6-15)11-14(18)17(2)10-13-4-3-9-21-13/h3-4,9,19H,5-8,10-12H2,1-2H3. The first-order chi connectivity index (χ1) is 9.98. The van der Waals surface area contributed by atoms with Crippen LogP contribution in [0.1, 0.15) is 17.7 Å². The molecule has 1 aliphatic rings. The van der Waals surface area contributed by atoms with Crippen LogP contribution in [0, 0.1) is 0 Å². The second kappa shape index (κ2) is 7.35. The Hall–Kier alpha value is -0.950. The highest BCUT2D eigenvalue weighted by Gasteiger charge is 2.31. The molecule has 0 spiro atoms. The predicted octanol–water partition coefficient (Wildman–Crippen LogP) is 1.18. The van der Waals surface area contributed by atoms with Crippen LogP contribution in [0.25, 0.3) is 0 Å². The maximum atomic E-state index is 12.2. The monoisotopic (exact) mass is 312 g/mol. The second-order valence-electron chi connectivity index (χ2n) is 5.84. The number of nitrogens with zero attached hydrogens (tertiary/aromatic N) is 2. The van der Waals surface area contributed by atoms with Crippen LogP contribution in [0.2, 0.25) is 0 Å². The lowest BCUT2D eigenvalue weighted by atomic mass is 9.94. The summed E-state index contributed by atoms with van der Waals surface area (Å²) in [6, 6.07) is 4.02. The Balaban J connectivity index is 1.78. The van der Waals surface area contributed by atoms with E-state index in [2.05, 4.69) is 0 Å².